The molecule has 0 saturated heterocycles. The number of esters is 1. The summed E-state index contributed by atoms with van der Waals surface area (Å²) in [6.07, 6.45) is 0. The fourth-order valence-corrected chi connectivity index (χ4v) is 3.15. The third-order valence-corrected chi connectivity index (χ3v) is 4.38. The van der Waals surface area contributed by atoms with Crippen molar-refractivity contribution in [2.45, 2.75) is 6.92 Å². The van der Waals surface area contributed by atoms with Crippen LogP contribution in [0.5, 0.6) is 0 Å². The predicted octanol–water partition coefficient (Wildman–Crippen LogP) is 5.95. The van der Waals surface area contributed by atoms with Gasteiger partial charge in [-0.1, -0.05) is 65.1 Å². The molecular formula is C19H13Cl3N2O2. The van der Waals surface area contributed by atoms with Crippen molar-refractivity contribution >= 4 is 40.8 Å². The summed E-state index contributed by atoms with van der Waals surface area (Å²) in [5.74, 6) is -0.234. The molecule has 0 aliphatic carbocycles. The van der Waals surface area contributed by atoms with Crippen molar-refractivity contribution in [1.82, 2.24) is 9.97 Å². The lowest BCUT2D eigenvalue weighted by molar-refractivity contribution is 0.0526. The van der Waals surface area contributed by atoms with Gasteiger partial charge in [0.2, 0.25) is 0 Å². The SMILES string of the molecule is CCOC(=O)c1c(Cl)nc(-c2ccccc2)nc1-c1ccc(Cl)cc1Cl. The molecule has 0 fully saturated rings. The van der Waals surface area contributed by atoms with Crippen LogP contribution < -0.4 is 0 Å². The normalized spacial score (nSPS) is 10.6. The number of aromatic nitrogens is 2. The number of benzene rings is 2. The van der Waals surface area contributed by atoms with E-state index in [1.807, 2.05) is 30.3 Å². The molecule has 0 unspecified atom stereocenters. The summed E-state index contributed by atoms with van der Waals surface area (Å²) in [5, 5.41) is 0.815. The molecule has 132 valence electrons. The summed E-state index contributed by atoms with van der Waals surface area (Å²) in [4.78, 5) is 21.2. The smallest absolute Gasteiger partial charge is 0.343 e. The predicted molar refractivity (Wildman–Crippen MR) is 104 cm³/mol. The van der Waals surface area contributed by atoms with Gasteiger partial charge in [0.05, 0.1) is 17.3 Å². The Morgan fingerprint density at radius 3 is 2.42 bits per heavy atom. The average molecular weight is 408 g/mol. The van der Waals surface area contributed by atoms with Crippen LogP contribution in [0.3, 0.4) is 0 Å². The van der Waals surface area contributed by atoms with Crippen LogP contribution in [0.4, 0.5) is 0 Å². The van der Waals surface area contributed by atoms with E-state index >= 15 is 0 Å². The number of nitrogens with zero attached hydrogens (tertiary/aromatic N) is 2. The van der Waals surface area contributed by atoms with Gasteiger partial charge < -0.3 is 4.74 Å². The van der Waals surface area contributed by atoms with Gasteiger partial charge in [0.15, 0.2) is 5.82 Å². The molecule has 0 atom stereocenters. The van der Waals surface area contributed by atoms with Crippen LogP contribution in [0.25, 0.3) is 22.6 Å². The zero-order valence-corrected chi connectivity index (χ0v) is 15.9. The second-order valence-corrected chi connectivity index (χ2v) is 6.47. The van der Waals surface area contributed by atoms with Crippen LogP contribution in [0.2, 0.25) is 15.2 Å². The molecule has 0 N–H and O–H groups in total. The second kappa shape index (κ2) is 8.04. The van der Waals surface area contributed by atoms with E-state index in [0.29, 0.717) is 27.1 Å². The maximum Gasteiger partial charge on any atom is 0.343 e. The number of hydrogen-bond donors (Lipinski definition) is 0. The first-order chi connectivity index (χ1) is 12.5. The molecule has 4 nitrogen and oxygen atoms in total. The monoisotopic (exact) mass is 406 g/mol. The van der Waals surface area contributed by atoms with Crippen LogP contribution in [0, 0.1) is 0 Å². The molecule has 0 spiro atoms. The zero-order valence-electron chi connectivity index (χ0n) is 13.7. The summed E-state index contributed by atoms with van der Waals surface area (Å²) in [6, 6.07) is 14.2. The first-order valence-corrected chi connectivity index (χ1v) is 8.90. The van der Waals surface area contributed by atoms with Crippen molar-refractivity contribution < 1.29 is 9.53 Å². The highest BCUT2D eigenvalue weighted by atomic mass is 35.5. The van der Waals surface area contributed by atoms with Crippen molar-refractivity contribution in [3.63, 3.8) is 0 Å². The Bertz CT molecular complexity index is 962. The zero-order chi connectivity index (χ0) is 18.7. The van der Waals surface area contributed by atoms with Gasteiger partial charge in [0.25, 0.3) is 0 Å². The van der Waals surface area contributed by atoms with E-state index in [1.54, 1.807) is 25.1 Å². The van der Waals surface area contributed by atoms with Gasteiger partial charge in [-0.3, -0.25) is 0 Å². The Hall–Kier alpha value is -2.14. The van der Waals surface area contributed by atoms with Crippen molar-refractivity contribution in [2.75, 3.05) is 6.61 Å². The summed E-state index contributed by atoms with van der Waals surface area (Å²) in [5.41, 5.74) is 1.64. The van der Waals surface area contributed by atoms with Gasteiger partial charge in [0.1, 0.15) is 10.7 Å². The van der Waals surface area contributed by atoms with Gasteiger partial charge in [0, 0.05) is 16.1 Å². The van der Waals surface area contributed by atoms with Gasteiger partial charge in [-0.2, -0.15) is 0 Å². The Labute approximate surface area is 165 Å². The molecule has 1 heterocycles. The maximum absolute atomic E-state index is 12.4. The summed E-state index contributed by atoms with van der Waals surface area (Å²) in [6.45, 7) is 1.91. The third kappa shape index (κ3) is 3.83. The molecule has 3 aromatic rings. The Morgan fingerprint density at radius 2 is 1.77 bits per heavy atom. The molecule has 0 radical (unpaired) electrons. The molecule has 2 aromatic carbocycles. The number of carbonyl (C=O) groups excluding carboxylic acids is 1. The van der Waals surface area contributed by atoms with Crippen LogP contribution in [0.1, 0.15) is 17.3 Å². The van der Waals surface area contributed by atoms with Gasteiger partial charge in [-0.15, -0.1) is 0 Å². The highest BCUT2D eigenvalue weighted by Gasteiger charge is 2.24. The van der Waals surface area contributed by atoms with E-state index in [9.17, 15) is 4.79 Å². The third-order valence-electron chi connectivity index (χ3n) is 3.56. The number of hydrogen-bond acceptors (Lipinski definition) is 4. The highest BCUT2D eigenvalue weighted by Crippen LogP contribution is 2.35. The minimum atomic E-state index is -0.613. The Morgan fingerprint density at radius 1 is 1.04 bits per heavy atom. The number of ether oxygens (including phenoxy) is 1. The minimum absolute atomic E-state index is 0.00156. The Kier molecular flexibility index (Phi) is 5.77. The number of halogens is 3. The molecule has 3 rings (SSSR count). The molecule has 26 heavy (non-hydrogen) atoms. The molecule has 7 heteroatoms. The standard InChI is InChI=1S/C19H13Cl3N2O2/c1-2-26-19(25)15-16(13-9-8-12(20)10-14(13)21)23-18(24-17(15)22)11-6-4-3-5-7-11/h3-10H,2H2,1H3. The topological polar surface area (TPSA) is 52.1 Å². The van der Waals surface area contributed by atoms with E-state index in [2.05, 4.69) is 9.97 Å². The lowest BCUT2D eigenvalue weighted by atomic mass is 10.1. The maximum atomic E-state index is 12.4. The summed E-state index contributed by atoms with van der Waals surface area (Å²) >= 11 is 18.6. The minimum Gasteiger partial charge on any atom is -0.462 e. The highest BCUT2D eigenvalue weighted by molar-refractivity contribution is 6.37. The summed E-state index contributed by atoms with van der Waals surface area (Å²) in [7, 11) is 0. The van der Waals surface area contributed by atoms with E-state index in [4.69, 9.17) is 39.5 Å². The molecule has 0 amide bonds. The lowest BCUT2D eigenvalue weighted by Gasteiger charge is -2.13. The van der Waals surface area contributed by atoms with Crippen LogP contribution >= 0.6 is 34.8 Å². The fourth-order valence-electron chi connectivity index (χ4n) is 2.41. The number of carbonyl (C=O) groups is 1. The molecule has 1 aromatic heterocycles. The van der Waals surface area contributed by atoms with Crippen LogP contribution in [-0.2, 0) is 4.74 Å². The first kappa shape index (κ1) is 18.6. The number of rotatable bonds is 4. The average Bonchev–Trinajstić information content (AvgIpc) is 2.62. The molecule has 0 saturated carbocycles. The fraction of sp³-hybridized carbons (Fsp3) is 0.105. The van der Waals surface area contributed by atoms with Crippen LogP contribution in [-0.4, -0.2) is 22.5 Å². The Balaban J connectivity index is 2.27. The van der Waals surface area contributed by atoms with Crippen LogP contribution in [0.15, 0.2) is 48.5 Å². The van der Waals surface area contributed by atoms with E-state index in [-0.39, 0.29) is 17.3 Å². The first-order valence-electron chi connectivity index (χ1n) is 7.76. The van der Waals surface area contributed by atoms with Crippen molar-refractivity contribution in [3.8, 4) is 22.6 Å². The van der Waals surface area contributed by atoms with E-state index in [0.717, 1.165) is 5.56 Å². The van der Waals surface area contributed by atoms with E-state index in [1.165, 1.54) is 0 Å². The van der Waals surface area contributed by atoms with Gasteiger partial charge in [-0.05, 0) is 25.1 Å². The molecular weight excluding hydrogens is 395 g/mol. The molecule has 0 aliphatic heterocycles. The van der Waals surface area contributed by atoms with Gasteiger partial charge in [-0.25, -0.2) is 14.8 Å². The van der Waals surface area contributed by atoms with E-state index < -0.39 is 5.97 Å². The second-order valence-electron chi connectivity index (χ2n) is 5.27. The summed E-state index contributed by atoms with van der Waals surface area (Å²) < 4.78 is 5.11. The largest absolute Gasteiger partial charge is 0.462 e. The lowest BCUT2D eigenvalue weighted by Crippen LogP contribution is -2.11. The van der Waals surface area contributed by atoms with Crippen molar-refractivity contribution in [3.05, 3.63) is 69.3 Å². The molecule has 0 bridgehead atoms. The van der Waals surface area contributed by atoms with Crippen molar-refractivity contribution in [1.29, 1.82) is 0 Å². The van der Waals surface area contributed by atoms with Crippen molar-refractivity contribution in [2.24, 2.45) is 0 Å². The van der Waals surface area contributed by atoms with Gasteiger partial charge >= 0.3 is 5.97 Å². The quantitative estimate of drug-likeness (QED) is 0.396. The molecule has 0 aliphatic rings.